The minimum absolute atomic E-state index is 0.0498. The van der Waals surface area contributed by atoms with Gasteiger partial charge in [-0.3, -0.25) is 9.52 Å². The van der Waals surface area contributed by atoms with Gasteiger partial charge in [-0.05, 0) is 42.0 Å². The zero-order chi connectivity index (χ0) is 22.4. The third kappa shape index (κ3) is 5.42. The van der Waals surface area contributed by atoms with Gasteiger partial charge in [0.25, 0.3) is 0 Å². The van der Waals surface area contributed by atoms with Gasteiger partial charge in [0.15, 0.2) is 5.78 Å². The molecule has 0 radical (unpaired) electrons. The lowest BCUT2D eigenvalue weighted by atomic mass is 10.0. The minimum Gasteiger partial charge on any atom is -0.354 e. The van der Waals surface area contributed by atoms with Gasteiger partial charge in [-0.25, -0.2) is 8.42 Å². The van der Waals surface area contributed by atoms with Crippen LogP contribution < -0.4 is 10.0 Å². The van der Waals surface area contributed by atoms with E-state index in [9.17, 15) is 13.2 Å². The highest BCUT2D eigenvalue weighted by atomic mass is 32.2. The van der Waals surface area contributed by atoms with Crippen molar-refractivity contribution in [3.8, 4) is 0 Å². The highest BCUT2D eigenvalue weighted by Crippen LogP contribution is 2.27. The maximum absolute atomic E-state index is 12.7. The maximum atomic E-state index is 12.7. The first-order valence-electron chi connectivity index (χ1n) is 10.1. The predicted octanol–water partition coefficient (Wildman–Crippen LogP) is 5.60. The van der Waals surface area contributed by atoms with E-state index in [2.05, 4.69) is 10.0 Å². The van der Waals surface area contributed by atoms with Crippen LogP contribution in [0.2, 0.25) is 0 Å². The molecule has 0 bridgehead atoms. The van der Waals surface area contributed by atoms with Crippen molar-refractivity contribution in [2.24, 2.45) is 0 Å². The Morgan fingerprint density at radius 2 is 1.16 bits per heavy atom. The Morgan fingerprint density at radius 3 is 1.81 bits per heavy atom. The van der Waals surface area contributed by atoms with Crippen molar-refractivity contribution in [3.05, 3.63) is 126 Å². The van der Waals surface area contributed by atoms with E-state index in [-0.39, 0.29) is 11.5 Å². The lowest BCUT2D eigenvalue weighted by Gasteiger charge is -2.14. The first kappa shape index (κ1) is 21.3. The van der Waals surface area contributed by atoms with Crippen LogP contribution in [0, 0.1) is 0 Å². The molecule has 0 saturated heterocycles. The van der Waals surface area contributed by atoms with E-state index in [1.807, 2.05) is 42.5 Å². The fourth-order valence-electron chi connectivity index (χ4n) is 3.30. The Kier molecular flexibility index (Phi) is 6.33. The number of ketones is 1. The van der Waals surface area contributed by atoms with Gasteiger partial charge in [-0.2, -0.15) is 0 Å². The molecule has 0 aromatic heterocycles. The van der Waals surface area contributed by atoms with Crippen molar-refractivity contribution in [1.82, 2.24) is 0 Å². The standard InChI is InChI=1S/C26H22N2O3S/c29-26(21-11-5-2-6-12-21)22-15-17-23(18-16-22)27-24-13-7-8-14-25(24)28-32(30,31)19-20-9-3-1-4-10-20/h1-18,27-28H,19H2. The second kappa shape index (κ2) is 9.49. The van der Waals surface area contributed by atoms with Crippen LogP contribution in [0.1, 0.15) is 21.5 Å². The van der Waals surface area contributed by atoms with Crippen LogP contribution in [0.3, 0.4) is 0 Å². The summed E-state index contributed by atoms with van der Waals surface area (Å²) in [5.74, 6) is -0.162. The smallest absolute Gasteiger partial charge is 0.236 e. The molecule has 0 aliphatic carbocycles. The molecule has 6 heteroatoms. The molecule has 0 spiro atoms. The number of hydrogen-bond donors (Lipinski definition) is 2. The fraction of sp³-hybridized carbons (Fsp3) is 0.0385. The van der Waals surface area contributed by atoms with Gasteiger partial charge >= 0.3 is 0 Å². The largest absolute Gasteiger partial charge is 0.354 e. The van der Waals surface area contributed by atoms with Crippen LogP contribution in [0.25, 0.3) is 0 Å². The molecule has 4 aromatic carbocycles. The number of para-hydroxylation sites is 2. The van der Waals surface area contributed by atoms with E-state index in [1.54, 1.807) is 66.7 Å². The second-order valence-corrected chi connectivity index (χ2v) is 9.01. The van der Waals surface area contributed by atoms with Crippen LogP contribution >= 0.6 is 0 Å². The molecule has 160 valence electrons. The summed E-state index contributed by atoms with van der Waals surface area (Å²) in [6.07, 6.45) is 0. The Labute approximate surface area is 187 Å². The van der Waals surface area contributed by atoms with E-state index < -0.39 is 10.0 Å². The van der Waals surface area contributed by atoms with Crippen molar-refractivity contribution in [2.45, 2.75) is 5.75 Å². The fourth-order valence-corrected chi connectivity index (χ4v) is 4.51. The molecule has 0 atom stereocenters. The first-order valence-corrected chi connectivity index (χ1v) is 11.8. The molecule has 0 amide bonds. The van der Waals surface area contributed by atoms with Crippen molar-refractivity contribution < 1.29 is 13.2 Å². The van der Waals surface area contributed by atoms with Crippen molar-refractivity contribution in [3.63, 3.8) is 0 Å². The lowest BCUT2D eigenvalue weighted by Crippen LogP contribution is -2.16. The number of nitrogens with one attached hydrogen (secondary N) is 2. The van der Waals surface area contributed by atoms with Gasteiger partial charge in [0.1, 0.15) is 0 Å². The maximum Gasteiger partial charge on any atom is 0.236 e. The number of sulfonamides is 1. The monoisotopic (exact) mass is 442 g/mol. The molecule has 2 N–H and O–H groups in total. The predicted molar refractivity (Wildman–Crippen MR) is 129 cm³/mol. The molecule has 32 heavy (non-hydrogen) atoms. The normalized spacial score (nSPS) is 11.0. The third-order valence-electron chi connectivity index (χ3n) is 4.85. The molecule has 4 aromatic rings. The second-order valence-electron chi connectivity index (χ2n) is 7.29. The summed E-state index contributed by atoms with van der Waals surface area (Å²) < 4.78 is 28.0. The van der Waals surface area contributed by atoms with Gasteiger partial charge in [-0.1, -0.05) is 72.8 Å². The van der Waals surface area contributed by atoms with Gasteiger partial charge in [0.2, 0.25) is 10.0 Å². The number of rotatable bonds is 8. The molecule has 4 rings (SSSR count). The molecule has 0 saturated carbocycles. The summed E-state index contributed by atoms with van der Waals surface area (Å²) in [6, 6.07) is 32.3. The van der Waals surface area contributed by atoms with Crippen LogP contribution in [0.4, 0.5) is 17.1 Å². The zero-order valence-corrected chi connectivity index (χ0v) is 18.0. The number of anilines is 3. The number of benzene rings is 4. The Balaban J connectivity index is 1.49. The highest BCUT2D eigenvalue weighted by Gasteiger charge is 2.14. The minimum atomic E-state index is -3.59. The Morgan fingerprint density at radius 1 is 0.625 bits per heavy atom. The summed E-state index contributed by atoms with van der Waals surface area (Å²) in [5, 5.41) is 3.23. The van der Waals surface area contributed by atoms with E-state index in [0.717, 1.165) is 5.69 Å². The van der Waals surface area contributed by atoms with E-state index in [1.165, 1.54) is 0 Å². The van der Waals surface area contributed by atoms with Crippen LogP contribution in [0.5, 0.6) is 0 Å². The Hall–Kier alpha value is -3.90. The van der Waals surface area contributed by atoms with Gasteiger partial charge in [0.05, 0.1) is 17.1 Å². The molecule has 0 aliphatic rings. The van der Waals surface area contributed by atoms with Crippen LogP contribution in [0.15, 0.2) is 109 Å². The molecule has 5 nitrogen and oxygen atoms in total. The SMILES string of the molecule is O=C(c1ccccc1)c1ccc(Nc2ccccc2NS(=O)(=O)Cc2ccccc2)cc1. The number of carbonyl (C=O) groups is 1. The summed E-state index contributed by atoms with van der Waals surface area (Å²) in [5.41, 5.74) is 3.73. The molecular weight excluding hydrogens is 420 g/mol. The van der Waals surface area contributed by atoms with Crippen molar-refractivity contribution in [1.29, 1.82) is 0 Å². The molecule has 0 unspecified atom stereocenters. The average molecular weight is 443 g/mol. The first-order chi connectivity index (χ1) is 15.5. The van der Waals surface area contributed by atoms with Crippen molar-refractivity contribution >= 4 is 32.9 Å². The molecule has 0 fully saturated rings. The zero-order valence-electron chi connectivity index (χ0n) is 17.2. The number of hydrogen-bond acceptors (Lipinski definition) is 4. The quantitative estimate of drug-likeness (QED) is 0.348. The van der Waals surface area contributed by atoms with E-state index in [0.29, 0.717) is 28.1 Å². The van der Waals surface area contributed by atoms with Gasteiger partial charge in [-0.15, -0.1) is 0 Å². The highest BCUT2D eigenvalue weighted by molar-refractivity contribution is 7.91. The summed E-state index contributed by atoms with van der Waals surface area (Å²) in [7, 11) is -3.59. The van der Waals surface area contributed by atoms with E-state index >= 15 is 0 Å². The van der Waals surface area contributed by atoms with Crippen molar-refractivity contribution in [2.75, 3.05) is 10.0 Å². The van der Waals surface area contributed by atoms with Crippen LogP contribution in [-0.4, -0.2) is 14.2 Å². The summed E-state index contributed by atoms with van der Waals surface area (Å²) in [6.45, 7) is 0. The Bertz CT molecular complexity index is 1300. The van der Waals surface area contributed by atoms with Crippen LogP contribution in [-0.2, 0) is 15.8 Å². The van der Waals surface area contributed by atoms with E-state index in [4.69, 9.17) is 0 Å². The molecular formula is C26H22N2O3S. The number of carbonyl (C=O) groups excluding carboxylic acids is 1. The van der Waals surface area contributed by atoms with Gasteiger partial charge < -0.3 is 5.32 Å². The molecule has 0 aliphatic heterocycles. The average Bonchev–Trinajstić information content (AvgIpc) is 2.81. The summed E-state index contributed by atoms with van der Waals surface area (Å²) >= 11 is 0. The third-order valence-corrected chi connectivity index (χ3v) is 6.10. The lowest BCUT2D eigenvalue weighted by molar-refractivity contribution is 0.103. The molecule has 0 heterocycles. The van der Waals surface area contributed by atoms with Gasteiger partial charge in [0, 0.05) is 16.8 Å². The topological polar surface area (TPSA) is 75.3 Å². The summed E-state index contributed by atoms with van der Waals surface area (Å²) in [4.78, 5) is 12.6.